The first-order valence-electron chi connectivity index (χ1n) is 9.29. The molecule has 1 saturated heterocycles. The van der Waals surface area contributed by atoms with E-state index in [9.17, 15) is 9.59 Å². The first-order valence-corrected chi connectivity index (χ1v) is 9.67. The number of nitrogens with one attached hydrogen (secondary N) is 2. The molecule has 0 atom stereocenters. The number of hydrogen-bond acceptors (Lipinski definition) is 4. The van der Waals surface area contributed by atoms with E-state index in [4.69, 9.17) is 16.3 Å². The van der Waals surface area contributed by atoms with Crippen LogP contribution in [0, 0.1) is 0 Å². The van der Waals surface area contributed by atoms with Gasteiger partial charge in [-0.3, -0.25) is 9.59 Å². The number of benzene rings is 2. The second-order valence-corrected chi connectivity index (χ2v) is 7.35. The zero-order chi connectivity index (χ0) is 20.1. The number of quaternary nitrogens is 1. The highest BCUT2D eigenvalue weighted by molar-refractivity contribution is 6.31. The van der Waals surface area contributed by atoms with E-state index in [0.29, 0.717) is 23.0 Å². The van der Waals surface area contributed by atoms with Gasteiger partial charge in [-0.15, -0.1) is 0 Å². The van der Waals surface area contributed by atoms with Gasteiger partial charge in [0.15, 0.2) is 12.3 Å². The number of hydrogen-bond donors (Lipinski definition) is 2. The average molecular weight is 403 g/mol. The lowest BCUT2D eigenvalue weighted by atomic mass is 10.1. The van der Waals surface area contributed by atoms with E-state index in [-0.39, 0.29) is 11.7 Å². The zero-order valence-electron chi connectivity index (χ0n) is 16.1. The van der Waals surface area contributed by atoms with Crippen LogP contribution in [0.25, 0.3) is 0 Å². The Balaban J connectivity index is 1.52. The van der Waals surface area contributed by atoms with Crippen molar-refractivity contribution in [3.8, 4) is 5.75 Å². The Hall–Kier alpha value is -2.57. The smallest absolute Gasteiger partial charge is 0.279 e. The number of Topliss-reactive ketones (excluding diaryl/α,β-unsaturated/α-hetero) is 1. The largest absolute Gasteiger partial charge is 0.495 e. The summed E-state index contributed by atoms with van der Waals surface area (Å²) in [6.45, 7) is 5.43. The molecule has 1 aliphatic heterocycles. The maximum Gasteiger partial charge on any atom is 0.279 e. The molecular formula is C21H25ClN3O3+. The minimum absolute atomic E-state index is 0.0603. The Kier molecular flexibility index (Phi) is 6.54. The molecule has 7 heteroatoms. The van der Waals surface area contributed by atoms with Crippen LogP contribution in [0.5, 0.6) is 5.75 Å². The average Bonchev–Trinajstić information content (AvgIpc) is 2.69. The topological polar surface area (TPSA) is 63.1 Å². The third kappa shape index (κ3) is 5.03. The van der Waals surface area contributed by atoms with Gasteiger partial charge < -0.3 is 19.9 Å². The standard InChI is InChI=1S/C21H24ClN3O3/c1-15(26)16-3-6-18(7-4-16)25-11-9-24(10-12-25)14-21(27)23-19-13-17(22)5-8-20(19)28-2/h3-8,13H,9-12,14H2,1-2H3,(H,23,27)/p+1. The fraction of sp³-hybridized carbons (Fsp3) is 0.333. The van der Waals surface area contributed by atoms with E-state index < -0.39 is 0 Å². The number of methoxy groups -OCH3 is 1. The van der Waals surface area contributed by atoms with Crippen LogP contribution in [0.1, 0.15) is 17.3 Å². The Morgan fingerprint density at radius 1 is 1.14 bits per heavy atom. The highest BCUT2D eigenvalue weighted by Crippen LogP contribution is 2.27. The number of piperazine rings is 1. The zero-order valence-corrected chi connectivity index (χ0v) is 16.9. The van der Waals surface area contributed by atoms with Crippen LogP contribution in [-0.4, -0.2) is 51.5 Å². The van der Waals surface area contributed by atoms with Gasteiger partial charge in [-0.1, -0.05) is 11.6 Å². The Morgan fingerprint density at radius 3 is 2.43 bits per heavy atom. The summed E-state index contributed by atoms with van der Waals surface area (Å²) < 4.78 is 5.27. The molecule has 1 amide bonds. The van der Waals surface area contributed by atoms with Crippen molar-refractivity contribution >= 4 is 34.7 Å². The quantitative estimate of drug-likeness (QED) is 0.724. The van der Waals surface area contributed by atoms with Gasteiger partial charge in [-0.25, -0.2) is 0 Å². The van der Waals surface area contributed by atoms with Crippen LogP contribution >= 0.6 is 11.6 Å². The van der Waals surface area contributed by atoms with Crippen LogP contribution in [0.4, 0.5) is 11.4 Å². The van der Waals surface area contributed by atoms with E-state index in [0.717, 1.165) is 37.4 Å². The molecule has 0 saturated carbocycles. The van der Waals surface area contributed by atoms with Gasteiger partial charge in [0.25, 0.3) is 5.91 Å². The normalized spacial score (nSPS) is 14.6. The summed E-state index contributed by atoms with van der Waals surface area (Å²) >= 11 is 6.01. The van der Waals surface area contributed by atoms with E-state index >= 15 is 0 Å². The molecule has 0 aliphatic carbocycles. The van der Waals surface area contributed by atoms with Crippen LogP contribution in [0.2, 0.25) is 5.02 Å². The number of amides is 1. The lowest BCUT2D eigenvalue weighted by Crippen LogP contribution is -3.15. The molecule has 148 valence electrons. The molecule has 1 fully saturated rings. The molecule has 2 N–H and O–H groups in total. The molecule has 0 spiro atoms. The summed E-state index contributed by atoms with van der Waals surface area (Å²) in [5.41, 5.74) is 2.42. The third-order valence-electron chi connectivity index (χ3n) is 4.96. The number of anilines is 2. The van der Waals surface area contributed by atoms with Crippen molar-refractivity contribution in [2.75, 3.05) is 50.1 Å². The lowest BCUT2D eigenvalue weighted by Gasteiger charge is -2.33. The van der Waals surface area contributed by atoms with Crippen LogP contribution in [-0.2, 0) is 4.79 Å². The molecule has 1 heterocycles. The third-order valence-corrected chi connectivity index (χ3v) is 5.19. The van der Waals surface area contributed by atoms with E-state index in [1.54, 1.807) is 32.2 Å². The second kappa shape index (κ2) is 9.08. The fourth-order valence-electron chi connectivity index (χ4n) is 3.36. The number of halogens is 1. The summed E-state index contributed by atoms with van der Waals surface area (Å²) in [6, 6.07) is 12.9. The van der Waals surface area contributed by atoms with Crippen molar-refractivity contribution < 1.29 is 19.2 Å². The van der Waals surface area contributed by atoms with Crippen LogP contribution in [0.3, 0.4) is 0 Å². The van der Waals surface area contributed by atoms with Gasteiger partial charge in [0, 0.05) is 16.3 Å². The van der Waals surface area contributed by atoms with Gasteiger partial charge in [0.2, 0.25) is 0 Å². The fourth-order valence-corrected chi connectivity index (χ4v) is 3.54. The predicted octanol–water partition coefficient (Wildman–Crippen LogP) is 1.89. The number of ketones is 1. The highest BCUT2D eigenvalue weighted by Gasteiger charge is 2.23. The van der Waals surface area contributed by atoms with Gasteiger partial charge >= 0.3 is 0 Å². The first kappa shape index (κ1) is 20.2. The number of nitrogens with zero attached hydrogens (tertiary/aromatic N) is 1. The molecule has 3 rings (SSSR count). The van der Waals surface area contributed by atoms with Crippen molar-refractivity contribution in [2.24, 2.45) is 0 Å². The predicted molar refractivity (Wildman–Crippen MR) is 111 cm³/mol. The number of carbonyl (C=O) groups excluding carboxylic acids is 2. The highest BCUT2D eigenvalue weighted by atomic mass is 35.5. The minimum Gasteiger partial charge on any atom is -0.495 e. The van der Waals surface area contributed by atoms with Crippen molar-refractivity contribution in [2.45, 2.75) is 6.92 Å². The van der Waals surface area contributed by atoms with Crippen molar-refractivity contribution in [1.82, 2.24) is 0 Å². The molecule has 28 heavy (non-hydrogen) atoms. The summed E-state index contributed by atoms with van der Waals surface area (Å²) in [4.78, 5) is 27.4. The number of rotatable bonds is 6. The molecule has 0 unspecified atom stereocenters. The summed E-state index contributed by atoms with van der Waals surface area (Å²) in [5.74, 6) is 0.601. The van der Waals surface area contributed by atoms with Crippen LogP contribution < -0.4 is 19.9 Å². The molecule has 2 aromatic carbocycles. The molecule has 0 aromatic heterocycles. The van der Waals surface area contributed by atoms with Gasteiger partial charge in [0.05, 0.1) is 39.0 Å². The Labute approximate surface area is 170 Å². The van der Waals surface area contributed by atoms with Crippen molar-refractivity contribution in [1.29, 1.82) is 0 Å². The molecule has 0 radical (unpaired) electrons. The molecule has 0 bridgehead atoms. The Bertz CT molecular complexity index is 846. The molecule has 6 nitrogen and oxygen atoms in total. The number of ether oxygens (including phenoxy) is 1. The van der Waals surface area contributed by atoms with Gasteiger partial charge in [-0.05, 0) is 49.4 Å². The van der Waals surface area contributed by atoms with Crippen molar-refractivity contribution in [3.05, 3.63) is 53.1 Å². The molecular weight excluding hydrogens is 378 g/mol. The van der Waals surface area contributed by atoms with E-state index in [1.165, 1.54) is 4.90 Å². The number of carbonyl (C=O) groups is 2. The summed E-state index contributed by atoms with van der Waals surface area (Å²) in [6.07, 6.45) is 0. The van der Waals surface area contributed by atoms with Gasteiger partial charge in [-0.2, -0.15) is 0 Å². The molecule has 1 aliphatic rings. The minimum atomic E-state index is -0.0603. The van der Waals surface area contributed by atoms with E-state index in [2.05, 4.69) is 10.2 Å². The van der Waals surface area contributed by atoms with Gasteiger partial charge in [0.1, 0.15) is 5.75 Å². The van der Waals surface area contributed by atoms with Crippen molar-refractivity contribution in [3.63, 3.8) is 0 Å². The first-order chi connectivity index (χ1) is 13.5. The molecule has 2 aromatic rings. The Morgan fingerprint density at radius 2 is 1.82 bits per heavy atom. The second-order valence-electron chi connectivity index (χ2n) is 6.91. The maximum atomic E-state index is 12.4. The lowest BCUT2D eigenvalue weighted by molar-refractivity contribution is -0.892. The van der Waals surface area contributed by atoms with E-state index in [1.807, 2.05) is 24.3 Å². The maximum absolute atomic E-state index is 12.4. The summed E-state index contributed by atoms with van der Waals surface area (Å²) in [5, 5.41) is 3.44. The summed E-state index contributed by atoms with van der Waals surface area (Å²) in [7, 11) is 1.56. The van der Waals surface area contributed by atoms with Crippen LogP contribution in [0.15, 0.2) is 42.5 Å². The monoisotopic (exact) mass is 402 g/mol. The SMILES string of the molecule is COc1ccc(Cl)cc1NC(=O)C[NH+]1CCN(c2ccc(C(C)=O)cc2)CC1.